The second-order valence-corrected chi connectivity index (χ2v) is 4.86. The van der Waals surface area contributed by atoms with Crippen molar-refractivity contribution in [2.45, 2.75) is 25.7 Å². The standard InChI is InChI=1S/C12H18N4O3/c13-10-11(14-7-15-12(10)19)16-5-1-2-8(6-16)3-4-9(17)18/h7-8H,1-6,13H2,(H,17,18)(H,14,15,19). The van der Waals surface area contributed by atoms with Crippen LogP contribution in [0.2, 0.25) is 0 Å². The third kappa shape index (κ3) is 3.24. The lowest BCUT2D eigenvalue weighted by Gasteiger charge is -2.33. The quantitative estimate of drug-likeness (QED) is 0.728. The highest BCUT2D eigenvalue weighted by Gasteiger charge is 2.23. The van der Waals surface area contributed by atoms with E-state index in [9.17, 15) is 9.59 Å². The highest BCUT2D eigenvalue weighted by molar-refractivity contribution is 5.66. The van der Waals surface area contributed by atoms with Crippen LogP contribution in [0.3, 0.4) is 0 Å². The summed E-state index contributed by atoms with van der Waals surface area (Å²) in [7, 11) is 0. The molecule has 0 amide bonds. The van der Waals surface area contributed by atoms with Crippen molar-refractivity contribution in [3.8, 4) is 0 Å². The molecule has 1 aliphatic heterocycles. The smallest absolute Gasteiger partial charge is 0.303 e. The van der Waals surface area contributed by atoms with Crippen LogP contribution in [0.1, 0.15) is 25.7 Å². The van der Waals surface area contributed by atoms with Crippen molar-refractivity contribution < 1.29 is 9.90 Å². The summed E-state index contributed by atoms with van der Waals surface area (Å²) in [6, 6.07) is 0. The Morgan fingerprint density at radius 1 is 1.63 bits per heavy atom. The zero-order valence-electron chi connectivity index (χ0n) is 10.6. The van der Waals surface area contributed by atoms with Gasteiger partial charge in [-0.3, -0.25) is 9.59 Å². The molecule has 1 aromatic rings. The maximum atomic E-state index is 11.5. The summed E-state index contributed by atoms with van der Waals surface area (Å²) in [6.07, 6.45) is 4.13. The second-order valence-electron chi connectivity index (χ2n) is 4.86. The minimum atomic E-state index is -0.772. The highest BCUT2D eigenvalue weighted by Crippen LogP contribution is 2.26. The number of nitrogen functional groups attached to an aromatic ring is 1. The molecule has 1 aliphatic rings. The van der Waals surface area contributed by atoms with Crippen molar-refractivity contribution in [1.29, 1.82) is 0 Å². The SMILES string of the molecule is Nc1c(N2CCCC(CCC(=O)O)C2)nc[nH]c1=O. The number of anilines is 2. The molecule has 19 heavy (non-hydrogen) atoms. The van der Waals surface area contributed by atoms with Gasteiger partial charge in [0.1, 0.15) is 5.69 Å². The number of carboxylic acid groups (broad SMARTS) is 1. The molecule has 1 fully saturated rings. The lowest BCUT2D eigenvalue weighted by atomic mass is 9.93. The molecule has 0 aromatic carbocycles. The molecule has 2 heterocycles. The number of nitrogens with zero attached hydrogens (tertiary/aromatic N) is 2. The Morgan fingerprint density at radius 2 is 2.42 bits per heavy atom. The van der Waals surface area contributed by atoms with Gasteiger partial charge in [0, 0.05) is 19.5 Å². The Labute approximate surface area is 110 Å². The number of hydrogen-bond acceptors (Lipinski definition) is 5. The highest BCUT2D eigenvalue weighted by atomic mass is 16.4. The number of hydrogen-bond donors (Lipinski definition) is 3. The first-order valence-corrected chi connectivity index (χ1v) is 6.38. The fourth-order valence-electron chi connectivity index (χ4n) is 2.47. The molecule has 1 saturated heterocycles. The zero-order valence-corrected chi connectivity index (χ0v) is 10.6. The van der Waals surface area contributed by atoms with Gasteiger partial charge in [-0.15, -0.1) is 0 Å². The van der Waals surface area contributed by atoms with Crippen LogP contribution in [-0.4, -0.2) is 34.1 Å². The summed E-state index contributed by atoms with van der Waals surface area (Å²) in [5.41, 5.74) is 5.53. The molecule has 1 atom stereocenters. The first-order valence-electron chi connectivity index (χ1n) is 6.38. The van der Waals surface area contributed by atoms with Crippen LogP contribution in [0, 0.1) is 5.92 Å². The third-order valence-electron chi connectivity index (χ3n) is 3.45. The van der Waals surface area contributed by atoms with Gasteiger partial charge in [-0.25, -0.2) is 4.98 Å². The van der Waals surface area contributed by atoms with Crippen LogP contribution in [0.4, 0.5) is 11.5 Å². The van der Waals surface area contributed by atoms with Crippen molar-refractivity contribution in [2.75, 3.05) is 23.7 Å². The molecule has 0 saturated carbocycles. The van der Waals surface area contributed by atoms with E-state index in [1.54, 1.807) is 0 Å². The number of rotatable bonds is 4. The Balaban J connectivity index is 2.06. The topological polar surface area (TPSA) is 112 Å². The van der Waals surface area contributed by atoms with Crippen LogP contribution < -0.4 is 16.2 Å². The lowest BCUT2D eigenvalue weighted by Crippen LogP contribution is -2.37. The van der Waals surface area contributed by atoms with Gasteiger partial charge >= 0.3 is 5.97 Å². The summed E-state index contributed by atoms with van der Waals surface area (Å²) >= 11 is 0. The average molecular weight is 266 g/mol. The Hall–Kier alpha value is -2.05. The predicted molar refractivity (Wildman–Crippen MR) is 71.1 cm³/mol. The fourth-order valence-corrected chi connectivity index (χ4v) is 2.47. The summed E-state index contributed by atoms with van der Waals surface area (Å²) < 4.78 is 0. The number of nitrogens with one attached hydrogen (secondary N) is 1. The first-order chi connectivity index (χ1) is 9.08. The minimum Gasteiger partial charge on any atom is -0.481 e. The van der Waals surface area contributed by atoms with Gasteiger partial charge in [0.25, 0.3) is 5.56 Å². The second kappa shape index (κ2) is 5.73. The Kier molecular flexibility index (Phi) is 4.03. The molecule has 4 N–H and O–H groups in total. The monoisotopic (exact) mass is 266 g/mol. The lowest BCUT2D eigenvalue weighted by molar-refractivity contribution is -0.137. The van der Waals surface area contributed by atoms with Crippen molar-refractivity contribution >= 4 is 17.5 Å². The molecule has 7 nitrogen and oxygen atoms in total. The number of carbonyl (C=O) groups is 1. The largest absolute Gasteiger partial charge is 0.481 e. The molecule has 0 bridgehead atoms. The van der Waals surface area contributed by atoms with Gasteiger partial charge in [0.05, 0.1) is 6.33 Å². The normalized spacial score (nSPS) is 19.4. The van der Waals surface area contributed by atoms with E-state index in [1.807, 2.05) is 4.90 Å². The minimum absolute atomic E-state index is 0.126. The van der Waals surface area contributed by atoms with E-state index in [1.165, 1.54) is 6.33 Å². The van der Waals surface area contributed by atoms with Gasteiger partial charge in [0.15, 0.2) is 5.82 Å². The molecule has 0 spiro atoms. The van der Waals surface area contributed by atoms with E-state index >= 15 is 0 Å². The number of aromatic nitrogens is 2. The van der Waals surface area contributed by atoms with E-state index in [4.69, 9.17) is 10.8 Å². The van der Waals surface area contributed by atoms with E-state index in [2.05, 4.69) is 9.97 Å². The molecular formula is C12H18N4O3. The van der Waals surface area contributed by atoms with E-state index in [0.717, 1.165) is 19.4 Å². The molecule has 0 radical (unpaired) electrons. The molecule has 2 rings (SSSR count). The third-order valence-corrected chi connectivity index (χ3v) is 3.45. The Bertz CT molecular complexity index is 514. The van der Waals surface area contributed by atoms with Crippen molar-refractivity contribution in [3.05, 3.63) is 16.7 Å². The van der Waals surface area contributed by atoms with Crippen LogP contribution in [0.5, 0.6) is 0 Å². The zero-order chi connectivity index (χ0) is 13.8. The number of aromatic amines is 1. The summed E-state index contributed by atoms with van der Waals surface area (Å²) in [5, 5.41) is 8.72. The number of aliphatic carboxylic acids is 1. The van der Waals surface area contributed by atoms with Crippen LogP contribution >= 0.6 is 0 Å². The fraction of sp³-hybridized carbons (Fsp3) is 0.583. The predicted octanol–water partition coefficient (Wildman–Crippen LogP) is 0.433. The van der Waals surface area contributed by atoms with E-state index in [0.29, 0.717) is 24.7 Å². The van der Waals surface area contributed by atoms with Crippen LogP contribution in [0.25, 0.3) is 0 Å². The van der Waals surface area contributed by atoms with Crippen molar-refractivity contribution in [2.24, 2.45) is 5.92 Å². The molecule has 0 aliphatic carbocycles. The Morgan fingerprint density at radius 3 is 3.16 bits per heavy atom. The molecule has 7 heteroatoms. The number of carboxylic acids is 1. The number of piperidine rings is 1. The van der Waals surface area contributed by atoms with Crippen molar-refractivity contribution in [3.63, 3.8) is 0 Å². The maximum absolute atomic E-state index is 11.5. The van der Waals surface area contributed by atoms with Gasteiger partial charge in [-0.1, -0.05) is 0 Å². The average Bonchev–Trinajstić information content (AvgIpc) is 2.40. The molecule has 104 valence electrons. The van der Waals surface area contributed by atoms with Gasteiger partial charge in [-0.05, 0) is 25.2 Å². The van der Waals surface area contributed by atoms with Crippen LogP contribution in [0.15, 0.2) is 11.1 Å². The first kappa shape index (κ1) is 13.4. The van der Waals surface area contributed by atoms with Gasteiger partial charge in [-0.2, -0.15) is 0 Å². The number of nitrogens with two attached hydrogens (primary N) is 1. The maximum Gasteiger partial charge on any atom is 0.303 e. The molecular weight excluding hydrogens is 248 g/mol. The molecule has 1 aromatic heterocycles. The summed E-state index contributed by atoms with van der Waals surface area (Å²) in [6.45, 7) is 1.50. The molecule has 1 unspecified atom stereocenters. The van der Waals surface area contributed by atoms with Gasteiger partial charge in [0.2, 0.25) is 0 Å². The van der Waals surface area contributed by atoms with Gasteiger partial charge < -0.3 is 20.7 Å². The summed E-state index contributed by atoms with van der Waals surface area (Å²) in [5.74, 6) is 0.0417. The van der Waals surface area contributed by atoms with E-state index < -0.39 is 5.97 Å². The van der Waals surface area contributed by atoms with Crippen molar-refractivity contribution in [1.82, 2.24) is 9.97 Å². The summed E-state index contributed by atoms with van der Waals surface area (Å²) in [4.78, 5) is 30.6. The van der Waals surface area contributed by atoms with E-state index in [-0.39, 0.29) is 17.7 Å². The number of H-pyrrole nitrogens is 1. The van der Waals surface area contributed by atoms with Crippen LogP contribution in [-0.2, 0) is 4.79 Å².